The van der Waals surface area contributed by atoms with Crippen LogP contribution in [0.2, 0.25) is 0 Å². The maximum atomic E-state index is 6.10. The van der Waals surface area contributed by atoms with Crippen molar-refractivity contribution in [1.29, 1.82) is 0 Å². The third kappa shape index (κ3) is 4.86. The van der Waals surface area contributed by atoms with Gasteiger partial charge in [-0.3, -0.25) is 0 Å². The molecule has 0 rings (SSSR count). The Kier molecular flexibility index (Phi) is 6.85. The molecule has 0 bridgehead atoms. The Morgan fingerprint density at radius 1 is 1.00 bits per heavy atom. The molecule has 19 heavy (non-hydrogen) atoms. The molecule has 0 aliphatic rings. The summed E-state index contributed by atoms with van der Waals surface area (Å²) in [7, 11) is 0. The molecule has 0 amide bonds. The summed E-state index contributed by atoms with van der Waals surface area (Å²) in [5, 5.41) is 0. The number of nitrogens with two attached hydrogens (primary N) is 4. The van der Waals surface area contributed by atoms with Crippen molar-refractivity contribution in [3.63, 3.8) is 0 Å². The molecule has 0 saturated carbocycles. The van der Waals surface area contributed by atoms with E-state index in [-0.39, 0.29) is 5.83 Å². The van der Waals surface area contributed by atoms with Crippen molar-refractivity contribution in [2.75, 3.05) is 0 Å². The monoisotopic (exact) mass is 500 g/mol. The third-order valence-corrected chi connectivity index (χ3v) is 8.42. The van der Waals surface area contributed by atoms with Gasteiger partial charge in [-0.05, 0) is 0 Å². The van der Waals surface area contributed by atoms with E-state index < -0.39 is 54.6 Å². The van der Waals surface area contributed by atoms with Gasteiger partial charge in [0.15, 0.2) is 0 Å². The SMILES string of the molecule is C=C[I-][N+](N)(N)C(C)(C)O[I-][N+](N)(N)C(C)(C)C=C. The van der Waals surface area contributed by atoms with Gasteiger partial charge in [0.2, 0.25) is 0 Å². The molecule has 0 radical (unpaired) electrons. The summed E-state index contributed by atoms with van der Waals surface area (Å²) in [5.74, 6) is 24.3. The van der Waals surface area contributed by atoms with Gasteiger partial charge in [0.1, 0.15) is 0 Å². The number of hydrogen-bond donors (Lipinski definition) is 4. The van der Waals surface area contributed by atoms with Crippen LogP contribution < -0.4 is 66.7 Å². The van der Waals surface area contributed by atoms with Crippen molar-refractivity contribution < 1.29 is 52.3 Å². The summed E-state index contributed by atoms with van der Waals surface area (Å²) in [6.07, 6.45) is 1.72. The third-order valence-electron chi connectivity index (χ3n) is 2.78. The molecular formula is C10H26I2N6O. The van der Waals surface area contributed by atoms with Crippen LogP contribution in [0.4, 0.5) is 0 Å². The van der Waals surface area contributed by atoms with Crippen LogP contribution in [0.25, 0.3) is 0 Å². The average molecular weight is 500 g/mol. The number of halogens is 2. The minimum atomic E-state index is -1.06. The molecule has 0 atom stereocenters. The Morgan fingerprint density at radius 3 is 1.84 bits per heavy atom. The first-order valence-electron chi connectivity index (χ1n) is 5.50. The first-order valence-corrected chi connectivity index (χ1v) is 9.56. The molecule has 0 heterocycles. The summed E-state index contributed by atoms with van der Waals surface area (Å²) in [5.41, 5.74) is -1.26. The number of nitrogens with zero attached hydrogens (tertiary/aromatic N) is 2. The molecule has 0 aromatic carbocycles. The molecule has 9 heteroatoms. The zero-order valence-electron chi connectivity index (χ0n) is 11.9. The van der Waals surface area contributed by atoms with E-state index >= 15 is 0 Å². The fourth-order valence-electron chi connectivity index (χ4n) is 0.655. The van der Waals surface area contributed by atoms with Crippen LogP contribution in [0.3, 0.4) is 0 Å². The predicted octanol–water partition coefficient (Wildman–Crippen LogP) is -6.10. The molecule has 0 spiro atoms. The van der Waals surface area contributed by atoms with Gasteiger partial charge in [-0.15, -0.1) is 0 Å². The Balaban J connectivity index is 4.89. The van der Waals surface area contributed by atoms with Gasteiger partial charge in [0, 0.05) is 0 Å². The summed E-state index contributed by atoms with van der Waals surface area (Å²) in [6, 6.07) is 0. The van der Waals surface area contributed by atoms with E-state index in [2.05, 4.69) is 13.2 Å². The number of quaternary nitrogens is 2. The van der Waals surface area contributed by atoms with Crippen LogP contribution in [0, 0.1) is 0 Å². The maximum absolute atomic E-state index is 6.10. The van der Waals surface area contributed by atoms with Crippen molar-refractivity contribution in [1.82, 2.24) is 0 Å². The second-order valence-electron chi connectivity index (χ2n) is 5.08. The molecular weight excluding hydrogens is 474 g/mol. The predicted molar refractivity (Wildman–Crippen MR) is 66.9 cm³/mol. The Hall–Kier alpha value is 0.660. The summed E-state index contributed by atoms with van der Waals surface area (Å²) in [6.45, 7) is 14.9. The molecule has 0 saturated heterocycles. The van der Waals surface area contributed by atoms with Crippen LogP contribution in [0.1, 0.15) is 27.7 Å². The Morgan fingerprint density at radius 2 is 1.47 bits per heavy atom. The van der Waals surface area contributed by atoms with E-state index in [4.69, 9.17) is 26.4 Å². The van der Waals surface area contributed by atoms with Crippen LogP contribution in [0.15, 0.2) is 23.3 Å². The van der Waals surface area contributed by atoms with E-state index in [0.717, 1.165) is 0 Å². The molecule has 0 aliphatic heterocycles. The van der Waals surface area contributed by atoms with Gasteiger partial charge in [-0.25, -0.2) is 0 Å². The van der Waals surface area contributed by atoms with E-state index in [0.29, 0.717) is 0 Å². The van der Waals surface area contributed by atoms with Gasteiger partial charge < -0.3 is 0 Å². The van der Waals surface area contributed by atoms with Crippen molar-refractivity contribution in [3.8, 4) is 0 Å². The summed E-state index contributed by atoms with van der Waals surface area (Å²) in [4.78, 5) is 0. The molecule has 0 fully saturated rings. The topological polar surface area (TPSA) is 113 Å². The van der Waals surface area contributed by atoms with Crippen LogP contribution >= 0.6 is 0 Å². The molecule has 0 aliphatic carbocycles. The van der Waals surface area contributed by atoms with Crippen molar-refractivity contribution in [2.24, 2.45) is 23.4 Å². The van der Waals surface area contributed by atoms with E-state index in [1.54, 1.807) is 10.2 Å². The molecule has 0 unspecified atom stereocenters. The van der Waals surface area contributed by atoms with Gasteiger partial charge in [-0.1, -0.05) is 0 Å². The Bertz CT molecular complexity index is 343. The summed E-state index contributed by atoms with van der Waals surface area (Å²) < 4.78 is 7.18. The molecule has 0 aromatic heterocycles. The Labute approximate surface area is 137 Å². The summed E-state index contributed by atoms with van der Waals surface area (Å²) >= 11 is -1.70. The normalized spacial score (nSPS) is 14.7. The second kappa shape index (κ2) is 6.62. The average Bonchev–Trinajstić information content (AvgIpc) is 2.26. The minimum absolute atomic E-state index is 0.219. The van der Waals surface area contributed by atoms with Crippen molar-refractivity contribution >= 4 is 0 Å². The van der Waals surface area contributed by atoms with Gasteiger partial charge in [-0.2, -0.15) is 0 Å². The molecule has 116 valence electrons. The van der Waals surface area contributed by atoms with Crippen molar-refractivity contribution in [3.05, 3.63) is 23.3 Å². The first kappa shape index (κ1) is 19.7. The van der Waals surface area contributed by atoms with Gasteiger partial charge in [0.25, 0.3) is 0 Å². The molecule has 8 N–H and O–H groups in total. The fourth-order valence-corrected chi connectivity index (χ4v) is 4.29. The van der Waals surface area contributed by atoms with E-state index in [9.17, 15) is 0 Å². The number of rotatable bonds is 8. The molecule has 0 aromatic rings. The van der Waals surface area contributed by atoms with Crippen LogP contribution in [-0.4, -0.2) is 17.1 Å². The van der Waals surface area contributed by atoms with Crippen LogP contribution in [-0.2, 0) is 3.07 Å². The van der Waals surface area contributed by atoms with E-state index in [1.807, 2.05) is 27.7 Å². The zero-order valence-corrected chi connectivity index (χ0v) is 16.3. The van der Waals surface area contributed by atoms with Crippen molar-refractivity contribution in [2.45, 2.75) is 39.0 Å². The van der Waals surface area contributed by atoms with Gasteiger partial charge >= 0.3 is 138 Å². The fraction of sp³-hybridized carbons (Fsp3) is 0.600. The zero-order chi connectivity index (χ0) is 15.5. The standard InChI is InChI=1S/C10H26I2N6O/c1-7-9(3,4)17(13,14)12-19-10(5,6)18(15,16)11-8-2/h7-8H,1-2,13-16H2,3-6H3. The van der Waals surface area contributed by atoms with E-state index in [1.165, 1.54) is 0 Å². The van der Waals surface area contributed by atoms with Gasteiger partial charge in [0.05, 0.1) is 0 Å². The second-order valence-corrected chi connectivity index (χ2v) is 10.5. The number of hydrogen-bond acceptors (Lipinski definition) is 5. The molecule has 7 nitrogen and oxygen atoms in total. The van der Waals surface area contributed by atoms with Crippen LogP contribution in [0.5, 0.6) is 0 Å². The first-order chi connectivity index (χ1) is 8.33. The quantitative estimate of drug-likeness (QED) is 0.0663.